The lowest BCUT2D eigenvalue weighted by atomic mass is 9.69. The molecule has 1 amide bonds. The number of halogens is 1. The predicted molar refractivity (Wildman–Crippen MR) is 107 cm³/mol. The average Bonchev–Trinajstić information content (AvgIpc) is 2.60. The highest BCUT2D eigenvalue weighted by Crippen LogP contribution is 2.39. The second-order valence-corrected chi connectivity index (χ2v) is 6.85. The largest absolute Gasteiger partial charge is 0.348 e. The summed E-state index contributed by atoms with van der Waals surface area (Å²) < 4.78 is 0. The Labute approximate surface area is 158 Å². The van der Waals surface area contributed by atoms with Crippen LogP contribution in [0.15, 0.2) is 60.7 Å². The molecular weight excluding hydrogens is 332 g/mol. The molecule has 0 fully saturated rings. The van der Waals surface area contributed by atoms with E-state index in [1.165, 1.54) is 0 Å². The lowest BCUT2D eigenvalue weighted by Crippen LogP contribution is -2.48. The third-order valence-electron chi connectivity index (χ3n) is 4.79. The van der Waals surface area contributed by atoms with Crippen LogP contribution in [-0.4, -0.2) is 49.9 Å². The number of nitrogens with zero attached hydrogens (tertiary/aromatic N) is 2. The van der Waals surface area contributed by atoms with Crippen molar-refractivity contribution in [2.24, 2.45) is 0 Å². The van der Waals surface area contributed by atoms with E-state index >= 15 is 0 Å². The number of rotatable bonds is 6. The van der Waals surface area contributed by atoms with Gasteiger partial charge in [-0.1, -0.05) is 60.7 Å². The van der Waals surface area contributed by atoms with Crippen LogP contribution in [0.1, 0.15) is 24.5 Å². The van der Waals surface area contributed by atoms with E-state index in [1.54, 1.807) is 4.90 Å². The van der Waals surface area contributed by atoms with Gasteiger partial charge in [0.05, 0.1) is 0 Å². The van der Waals surface area contributed by atoms with Crippen LogP contribution in [0.2, 0.25) is 0 Å². The molecule has 0 heterocycles. The van der Waals surface area contributed by atoms with Gasteiger partial charge < -0.3 is 9.80 Å². The van der Waals surface area contributed by atoms with Gasteiger partial charge in [0, 0.05) is 20.1 Å². The summed E-state index contributed by atoms with van der Waals surface area (Å²) >= 11 is 0. The van der Waals surface area contributed by atoms with Crippen LogP contribution in [-0.2, 0) is 10.2 Å². The number of benzene rings is 2. The highest BCUT2D eigenvalue weighted by atomic mass is 35.5. The Morgan fingerprint density at radius 2 is 1.28 bits per heavy atom. The highest BCUT2D eigenvalue weighted by Gasteiger charge is 2.44. The molecule has 0 N–H and O–H groups in total. The van der Waals surface area contributed by atoms with Crippen molar-refractivity contribution in [3.05, 3.63) is 71.8 Å². The molecule has 2 aromatic carbocycles. The number of likely N-dealkylation sites (N-methyl/N-ethyl adjacent to an activating group) is 1. The molecular formula is C21H29ClN2O. The van der Waals surface area contributed by atoms with Crippen LogP contribution in [0.25, 0.3) is 0 Å². The number of hydrogen-bond acceptors (Lipinski definition) is 2. The topological polar surface area (TPSA) is 23.6 Å². The second-order valence-electron chi connectivity index (χ2n) is 6.85. The molecule has 0 bridgehead atoms. The van der Waals surface area contributed by atoms with Crippen molar-refractivity contribution >= 4 is 18.3 Å². The summed E-state index contributed by atoms with van der Waals surface area (Å²) in [5, 5.41) is 0. The number of carbonyl (C=O) groups is 1. The molecule has 4 heteroatoms. The molecule has 3 nitrogen and oxygen atoms in total. The maximum Gasteiger partial charge on any atom is 0.237 e. The number of carbonyl (C=O) groups excluding carboxylic acids is 1. The van der Waals surface area contributed by atoms with Gasteiger partial charge in [0.25, 0.3) is 0 Å². The second kappa shape index (κ2) is 9.02. The van der Waals surface area contributed by atoms with Crippen LogP contribution in [0.5, 0.6) is 0 Å². The molecule has 0 aromatic heterocycles. The first kappa shape index (κ1) is 21.2. The van der Waals surface area contributed by atoms with Gasteiger partial charge >= 0.3 is 0 Å². The molecule has 25 heavy (non-hydrogen) atoms. The molecule has 2 aromatic rings. The first-order valence-corrected chi connectivity index (χ1v) is 8.39. The van der Waals surface area contributed by atoms with Crippen molar-refractivity contribution in [3.8, 4) is 0 Å². The summed E-state index contributed by atoms with van der Waals surface area (Å²) in [6, 6.07) is 20.6. The first-order chi connectivity index (χ1) is 11.4. The number of hydrogen-bond donors (Lipinski definition) is 0. The molecule has 0 aliphatic heterocycles. The van der Waals surface area contributed by atoms with Crippen molar-refractivity contribution in [3.63, 3.8) is 0 Å². The van der Waals surface area contributed by atoms with E-state index in [0.29, 0.717) is 0 Å². The standard InChI is InChI=1S/C21H28N2O.ClH/c1-17(22(2)3)16-21(20(24)23(4)5,18-12-8-6-9-13-18)19-14-10-7-11-15-19;/h6-15,17H,16H2,1-5H3;1H. The molecule has 0 spiro atoms. The lowest BCUT2D eigenvalue weighted by Gasteiger charge is -2.39. The van der Waals surface area contributed by atoms with Crippen LogP contribution >= 0.6 is 12.4 Å². The summed E-state index contributed by atoms with van der Waals surface area (Å²) in [6.07, 6.45) is 0.727. The minimum atomic E-state index is -0.685. The van der Waals surface area contributed by atoms with Crippen LogP contribution in [0.3, 0.4) is 0 Å². The van der Waals surface area contributed by atoms with Crippen LogP contribution in [0, 0.1) is 0 Å². The quantitative estimate of drug-likeness (QED) is 0.781. The zero-order chi connectivity index (χ0) is 17.7. The Bertz CT molecular complexity index is 617. The van der Waals surface area contributed by atoms with E-state index in [0.717, 1.165) is 17.5 Å². The Morgan fingerprint density at radius 3 is 1.60 bits per heavy atom. The van der Waals surface area contributed by atoms with E-state index in [1.807, 2.05) is 50.5 Å². The van der Waals surface area contributed by atoms with Gasteiger partial charge in [-0.2, -0.15) is 0 Å². The molecule has 1 atom stereocenters. The average molecular weight is 361 g/mol. The van der Waals surface area contributed by atoms with Gasteiger partial charge in [0.2, 0.25) is 5.91 Å². The Hall–Kier alpha value is -1.84. The molecule has 0 radical (unpaired) electrons. The highest BCUT2D eigenvalue weighted by molar-refractivity contribution is 5.92. The normalized spacial score (nSPS) is 12.4. The Balaban J connectivity index is 0.00000312. The van der Waals surface area contributed by atoms with Crippen LogP contribution < -0.4 is 0 Å². The molecule has 0 saturated carbocycles. The third-order valence-corrected chi connectivity index (χ3v) is 4.79. The van der Waals surface area contributed by atoms with Crippen molar-refractivity contribution in [2.45, 2.75) is 24.8 Å². The molecule has 0 aliphatic rings. The van der Waals surface area contributed by atoms with Crippen molar-refractivity contribution < 1.29 is 4.79 Å². The minimum absolute atomic E-state index is 0. The van der Waals surface area contributed by atoms with Crippen LogP contribution in [0.4, 0.5) is 0 Å². The van der Waals surface area contributed by atoms with E-state index in [2.05, 4.69) is 50.2 Å². The Morgan fingerprint density at radius 1 is 0.880 bits per heavy atom. The SMILES string of the molecule is CC(CC(C(=O)N(C)C)(c1ccccc1)c1ccccc1)N(C)C.Cl. The monoisotopic (exact) mass is 360 g/mol. The first-order valence-electron chi connectivity index (χ1n) is 8.39. The minimum Gasteiger partial charge on any atom is -0.348 e. The lowest BCUT2D eigenvalue weighted by molar-refractivity contribution is -0.134. The van der Waals surface area contributed by atoms with Crippen molar-refractivity contribution in [1.82, 2.24) is 9.80 Å². The number of amides is 1. The van der Waals surface area contributed by atoms with Crippen molar-refractivity contribution in [1.29, 1.82) is 0 Å². The fourth-order valence-corrected chi connectivity index (χ4v) is 3.19. The van der Waals surface area contributed by atoms with Gasteiger partial charge in [-0.25, -0.2) is 0 Å². The molecule has 0 aliphatic carbocycles. The molecule has 1 unspecified atom stereocenters. The maximum atomic E-state index is 13.4. The van der Waals surface area contributed by atoms with Gasteiger partial charge in [0.1, 0.15) is 5.41 Å². The maximum absolute atomic E-state index is 13.4. The Kier molecular flexibility index (Phi) is 7.65. The summed E-state index contributed by atoms with van der Waals surface area (Å²) in [4.78, 5) is 17.3. The fraction of sp³-hybridized carbons (Fsp3) is 0.381. The smallest absolute Gasteiger partial charge is 0.237 e. The van der Waals surface area contributed by atoms with E-state index < -0.39 is 5.41 Å². The van der Waals surface area contributed by atoms with E-state index in [-0.39, 0.29) is 24.4 Å². The van der Waals surface area contributed by atoms with Gasteiger partial charge in [-0.3, -0.25) is 4.79 Å². The summed E-state index contributed by atoms with van der Waals surface area (Å²) in [5.41, 5.74) is 1.41. The summed E-state index contributed by atoms with van der Waals surface area (Å²) in [5.74, 6) is 0.119. The van der Waals surface area contributed by atoms with Gasteiger partial charge in [-0.05, 0) is 38.6 Å². The van der Waals surface area contributed by atoms with E-state index in [9.17, 15) is 4.79 Å². The molecule has 136 valence electrons. The van der Waals surface area contributed by atoms with Crippen molar-refractivity contribution in [2.75, 3.05) is 28.2 Å². The zero-order valence-corrected chi connectivity index (χ0v) is 16.6. The third kappa shape index (κ3) is 4.42. The summed E-state index contributed by atoms with van der Waals surface area (Å²) in [7, 11) is 7.80. The molecule has 0 saturated heterocycles. The van der Waals surface area contributed by atoms with E-state index in [4.69, 9.17) is 0 Å². The van der Waals surface area contributed by atoms with Gasteiger partial charge in [-0.15, -0.1) is 12.4 Å². The molecule has 2 rings (SSSR count). The fourth-order valence-electron chi connectivity index (χ4n) is 3.19. The zero-order valence-electron chi connectivity index (χ0n) is 15.8. The van der Waals surface area contributed by atoms with Gasteiger partial charge in [0.15, 0.2) is 0 Å². The predicted octanol–water partition coefficient (Wildman–Crippen LogP) is 3.82. The summed E-state index contributed by atoms with van der Waals surface area (Å²) in [6.45, 7) is 2.17.